The molecule has 1 rings (SSSR count). The van der Waals surface area contributed by atoms with Gasteiger partial charge in [0.1, 0.15) is 11.5 Å². The lowest BCUT2D eigenvalue weighted by atomic mass is 10.3. The van der Waals surface area contributed by atoms with Gasteiger partial charge in [-0.1, -0.05) is 6.92 Å². The molecule has 0 aromatic heterocycles. The third-order valence-electron chi connectivity index (χ3n) is 2.69. The summed E-state index contributed by atoms with van der Waals surface area (Å²) in [5, 5.41) is 5.58. The molecule has 0 unspecified atom stereocenters. The van der Waals surface area contributed by atoms with Crippen molar-refractivity contribution in [2.75, 3.05) is 30.1 Å². The molecular formula is C15H25N3O4S. The molecule has 0 spiro atoms. The minimum atomic E-state index is -3.74. The maximum absolute atomic E-state index is 11.9. The zero-order valence-electron chi connectivity index (χ0n) is 13.8. The fraction of sp³-hybridized carbons (Fsp3) is 0.533. The molecular weight excluding hydrogens is 318 g/mol. The van der Waals surface area contributed by atoms with Crippen LogP contribution in [0, 0.1) is 0 Å². The number of anilines is 1. The first kappa shape index (κ1) is 19.2. The summed E-state index contributed by atoms with van der Waals surface area (Å²) in [6.07, 6.45) is 0.0448. The van der Waals surface area contributed by atoms with Crippen molar-refractivity contribution in [3.63, 3.8) is 0 Å². The lowest BCUT2D eigenvalue weighted by Gasteiger charge is -2.11. The van der Waals surface area contributed by atoms with Crippen LogP contribution in [-0.2, 0) is 14.8 Å². The first-order valence-corrected chi connectivity index (χ1v) is 9.22. The summed E-state index contributed by atoms with van der Waals surface area (Å²) < 4.78 is 31.7. The molecule has 0 atom stereocenters. The number of benzene rings is 1. The predicted molar refractivity (Wildman–Crippen MR) is 91.2 cm³/mol. The summed E-state index contributed by atoms with van der Waals surface area (Å²) in [5.41, 5.74) is 0.390. The van der Waals surface area contributed by atoms with E-state index in [0.717, 1.165) is 6.54 Å². The van der Waals surface area contributed by atoms with Crippen molar-refractivity contribution in [2.45, 2.75) is 26.9 Å². The van der Waals surface area contributed by atoms with Crippen LogP contribution in [0.15, 0.2) is 24.3 Å². The second-order valence-corrected chi connectivity index (χ2v) is 6.98. The second-order valence-electron chi connectivity index (χ2n) is 5.26. The Balaban J connectivity index is 2.49. The van der Waals surface area contributed by atoms with E-state index in [-0.39, 0.29) is 6.10 Å². The van der Waals surface area contributed by atoms with Gasteiger partial charge in [0.15, 0.2) is 0 Å². The van der Waals surface area contributed by atoms with Crippen LogP contribution < -0.4 is 20.1 Å². The molecule has 7 nitrogen and oxygen atoms in total. The quantitative estimate of drug-likeness (QED) is 0.550. The number of likely N-dealkylation sites (N-methyl/N-ethyl adjacent to an activating group) is 1. The normalized spacial score (nSPS) is 11.3. The fourth-order valence-corrected chi connectivity index (χ4v) is 2.79. The molecule has 0 radical (unpaired) electrons. The Morgan fingerprint density at radius 3 is 2.39 bits per heavy atom. The summed E-state index contributed by atoms with van der Waals surface area (Å²) in [6, 6.07) is 6.54. The number of hydrogen-bond donors (Lipinski definition) is 3. The molecule has 1 amide bonds. The van der Waals surface area contributed by atoms with Crippen LogP contribution in [0.4, 0.5) is 5.69 Å². The molecule has 0 saturated carbocycles. The molecule has 3 N–H and O–H groups in total. The summed E-state index contributed by atoms with van der Waals surface area (Å²) in [6.45, 7) is 7.56. The number of rotatable bonds is 10. The van der Waals surface area contributed by atoms with Crippen LogP contribution in [0.2, 0.25) is 0 Å². The average molecular weight is 343 g/mol. The lowest BCUT2D eigenvalue weighted by molar-refractivity contribution is -0.118. The maximum Gasteiger partial charge on any atom is 0.241 e. The highest BCUT2D eigenvalue weighted by atomic mass is 32.2. The Morgan fingerprint density at radius 1 is 1.17 bits per heavy atom. The fourth-order valence-electron chi connectivity index (χ4n) is 1.78. The van der Waals surface area contributed by atoms with E-state index in [2.05, 4.69) is 15.4 Å². The molecule has 0 aliphatic heterocycles. The van der Waals surface area contributed by atoms with E-state index in [1.54, 1.807) is 24.3 Å². The number of carbonyl (C=O) groups is 1. The van der Waals surface area contributed by atoms with Gasteiger partial charge in [-0.15, -0.1) is 0 Å². The van der Waals surface area contributed by atoms with Gasteiger partial charge in [0, 0.05) is 18.8 Å². The van der Waals surface area contributed by atoms with Gasteiger partial charge in [0.25, 0.3) is 0 Å². The van der Waals surface area contributed by atoms with E-state index in [9.17, 15) is 13.2 Å². The van der Waals surface area contributed by atoms with Crippen molar-refractivity contribution < 1.29 is 17.9 Å². The van der Waals surface area contributed by atoms with E-state index in [0.29, 0.717) is 24.5 Å². The molecule has 0 bridgehead atoms. The molecule has 1 aromatic carbocycles. The summed E-state index contributed by atoms with van der Waals surface area (Å²) in [4.78, 5) is 11.6. The van der Waals surface area contributed by atoms with Crippen molar-refractivity contribution in [1.29, 1.82) is 0 Å². The smallest absolute Gasteiger partial charge is 0.241 e. The molecule has 8 heteroatoms. The standard InChI is InChI=1S/C15H25N3O4S/c1-4-16-9-10-17-15(19)11-23(20,21)18-13-5-7-14(8-6-13)22-12(2)3/h5-8,12,16,18H,4,9-11H2,1-3H3,(H,17,19). The third kappa shape index (κ3) is 8.41. The van der Waals surface area contributed by atoms with Crippen LogP contribution >= 0.6 is 0 Å². The van der Waals surface area contributed by atoms with Crippen molar-refractivity contribution in [2.24, 2.45) is 0 Å². The lowest BCUT2D eigenvalue weighted by Crippen LogP contribution is -2.36. The Bertz CT molecular complexity index is 585. The number of carbonyl (C=O) groups excluding carboxylic acids is 1. The van der Waals surface area contributed by atoms with Crippen LogP contribution in [0.25, 0.3) is 0 Å². The highest BCUT2D eigenvalue weighted by molar-refractivity contribution is 7.93. The van der Waals surface area contributed by atoms with Crippen LogP contribution in [0.3, 0.4) is 0 Å². The molecule has 1 aromatic rings. The third-order valence-corrected chi connectivity index (χ3v) is 3.88. The van der Waals surface area contributed by atoms with Crippen molar-refractivity contribution in [3.05, 3.63) is 24.3 Å². The monoisotopic (exact) mass is 343 g/mol. The Hall–Kier alpha value is -1.80. The van der Waals surface area contributed by atoms with Gasteiger partial charge in [-0.3, -0.25) is 9.52 Å². The average Bonchev–Trinajstić information content (AvgIpc) is 2.44. The van der Waals surface area contributed by atoms with Gasteiger partial charge in [-0.2, -0.15) is 0 Å². The highest BCUT2D eigenvalue weighted by Gasteiger charge is 2.16. The SMILES string of the molecule is CCNCCNC(=O)CS(=O)(=O)Nc1ccc(OC(C)C)cc1. The van der Waals surface area contributed by atoms with E-state index in [1.165, 1.54) is 0 Å². The summed E-state index contributed by atoms with van der Waals surface area (Å²) >= 11 is 0. The molecule has 0 aliphatic carbocycles. The van der Waals surface area contributed by atoms with Crippen LogP contribution in [0.1, 0.15) is 20.8 Å². The van der Waals surface area contributed by atoms with Gasteiger partial charge in [0.2, 0.25) is 15.9 Å². The van der Waals surface area contributed by atoms with Gasteiger partial charge in [-0.05, 0) is 44.7 Å². The predicted octanol–water partition coefficient (Wildman–Crippen LogP) is 0.941. The van der Waals surface area contributed by atoms with Gasteiger partial charge in [0.05, 0.1) is 6.10 Å². The van der Waals surface area contributed by atoms with Crippen molar-refractivity contribution in [3.8, 4) is 5.75 Å². The van der Waals surface area contributed by atoms with Gasteiger partial charge in [-0.25, -0.2) is 8.42 Å². The minimum Gasteiger partial charge on any atom is -0.491 e. The Kier molecular flexibility index (Phi) is 7.84. The number of sulfonamides is 1. The van der Waals surface area contributed by atoms with Crippen LogP contribution in [0.5, 0.6) is 5.75 Å². The van der Waals surface area contributed by atoms with E-state index in [4.69, 9.17) is 4.74 Å². The zero-order chi connectivity index (χ0) is 17.3. The van der Waals surface area contributed by atoms with Crippen molar-refractivity contribution >= 4 is 21.6 Å². The van der Waals surface area contributed by atoms with Crippen LogP contribution in [-0.4, -0.2) is 45.8 Å². The molecule has 0 aliphatic rings. The zero-order valence-corrected chi connectivity index (χ0v) is 14.6. The molecule has 130 valence electrons. The topological polar surface area (TPSA) is 96.5 Å². The van der Waals surface area contributed by atoms with E-state index < -0.39 is 21.7 Å². The number of nitrogens with one attached hydrogen (secondary N) is 3. The summed E-state index contributed by atoms with van der Waals surface area (Å²) in [5.74, 6) is -0.483. The number of amides is 1. The number of ether oxygens (including phenoxy) is 1. The Morgan fingerprint density at radius 2 is 1.83 bits per heavy atom. The van der Waals surface area contributed by atoms with Crippen molar-refractivity contribution in [1.82, 2.24) is 10.6 Å². The van der Waals surface area contributed by atoms with E-state index in [1.807, 2.05) is 20.8 Å². The largest absolute Gasteiger partial charge is 0.491 e. The molecule has 0 saturated heterocycles. The number of hydrogen-bond acceptors (Lipinski definition) is 5. The van der Waals surface area contributed by atoms with E-state index >= 15 is 0 Å². The highest BCUT2D eigenvalue weighted by Crippen LogP contribution is 2.17. The van der Waals surface area contributed by atoms with Gasteiger partial charge >= 0.3 is 0 Å². The maximum atomic E-state index is 11.9. The molecule has 23 heavy (non-hydrogen) atoms. The Labute approximate surface area is 137 Å². The first-order chi connectivity index (χ1) is 10.8. The first-order valence-electron chi connectivity index (χ1n) is 7.57. The molecule has 0 fully saturated rings. The minimum absolute atomic E-state index is 0.0448. The summed E-state index contributed by atoms with van der Waals surface area (Å²) in [7, 11) is -3.74. The van der Waals surface area contributed by atoms with Gasteiger partial charge < -0.3 is 15.4 Å². The molecule has 0 heterocycles. The second kappa shape index (κ2) is 9.36.